The quantitative estimate of drug-likeness (QED) is 0.610. The van der Waals surface area contributed by atoms with Crippen molar-refractivity contribution in [2.45, 2.75) is 0 Å². The fraction of sp³-hybridized carbons (Fsp3) is 0. The smallest absolute Gasteiger partial charge is 0.408 e. The van der Waals surface area contributed by atoms with Gasteiger partial charge in [0.15, 0.2) is 5.58 Å². The summed E-state index contributed by atoms with van der Waals surface area (Å²) >= 11 is 9.50. The topological polar surface area (TPSA) is 84.0 Å². The minimum atomic E-state index is -0.517. The number of rotatable bonds is 2. The number of hydrogen-bond donors (Lipinski definition) is 3. The van der Waals surface area contributed by atoms with Gasteiger partial charge in [0.25, 0.3) is 0 Å². The van der Waals surface area contributed by atoms with Gasteiger partial charge < -0.3 is 15.5 Å². The van der Waals surface area contributed by atoms with Gasteiger partial charge in [-0.25, -0.2) is 4.79 Å². The lowest BCUT2D eigenvalue weighted by Gasteiger charge is -2.11. The van der Waals surface area contributed by atoms with Crippen molar-refractivity contribution in [1.82, 2.24) is 4.98 Å². The molecule has 0 spiro atoms. The van der Waals surface area contributed by atoms with E-state index in [1.165, 1.54) is 0 Å². The Balaban J connectivity index is 2.07. The Kier molecular flexibility index (Phi) is 3.19. The van der Waals surface area contributed by atoms with Crippen LogP contribution in [0.15, 0.2) is 44.0 Å². The molecule has 0 saturated heterocycles. The standard InChI is InChI=1S/C13H9BrClN3O2/c14-6-1-2-7(15)9(3-6)17-10-5-11-12(4-8(10)16)20-13(19)18-11/h1-5,17H,16H2,(H,18,19). The molecule has 0 bridgehead atoms. The van der Waals surface area contributed by atoms with Crippen LogP contribution in [-0.4, -0.2) is 4.98 Å². The van der Waals surface area contributed by atoms with Gasteiger partial charge in [0.2, 0.25) is 0 Å². The number of fused-ring (bicyclic) bond motifs is 1. The van der Waals surface area contributed by atoms with Crippen molar-refractivity contribution in [1.29, 1.82) is 0 Å². The predicted molar refractivity (Wildman–Crippen MR) is 83.7 cm³/mol. The van der Waals surface area contributed by atoms with Crippen molar-refractivity contribution in [3.63, 3.8) is 0 Å². The second kappa shape index (κ2) is 4.88. The van der Waals surface area contributed by atoms with Gasteiger partial charge in [-0.2, -0.15) is 0 Å². The monoisotopic (exact) mass is 353 g/mol. The Hall–Kier alpha value is -1.92. The molecule has 3 rings (SSSR count). The Morgan fingerprint density at radius 2 is 2.05 bits per heavy atom. The molecule has 4 N–H and O–H groups in total. The number of nitrogens with one attached hydrogen (secondary N) is 2. The number of benzene rings is 2. The predicted octanol–water partition coefficient (Wildman–Crippen LogP) is 3.86. The van der Waals surface area contributed by atoms with E-state index in [4.69, 9.17) is 21.8 Å². The zero-order chi connectivity index (χ0) is 14.3. The number of aromatic amines is 1. The van der Waals surface area contributed by atoms with Crippen LogP contribution < -0.4 is 16.8 Å². The summed E-state index contributed by atoms with van der Waals surface area (Å²) in [7, 11) is 0. The molecule has 0 amide bonds. The molecule has 0 saturated carbocycles. The maximum atomic E-state index is 11.2. The van der Waals surface area contributed by atoms with Crippen LogP contribution >= 0.6 is 27.5 Å². The largest absolute Gasteiger partial charge is 0.417 e. The van der Waals surface area contributed by atoms with Crippen LogP contribution in [0.2, 0.25) is 5.02 Å². The summed E-state index contributed by atoms with van der Waals surface area (Å²) < 4.78 is 5.83. The zero-order valence-corrected chi connectivity index (χ0v) is 12.4. The highest BCUT2D eigenvalue weighted by atomic mass is 79.9. The number of aromatic nitrogens is 1. The van der Waals surface area contributed by atoms with E-state index in [1.807, 2.05) is 12.1 Å². The van der Waals surface area contributed by atoms with Crippen LogP contribution in [0, 0.1) is 0 Å². The van der Waals surface area contributed by atoms with Crippen molar-refractivity contribution >= 4 is 55.7 Å². The molecule has 0 unspecified atom stereocenters. The number of nitrogen functional groups attached to an aromatic ring is 1. The van der Waals surface area contributed by atoms with Crippen LogP contribution in [0.5, 0.6) is 0 Å². The second-order valence-corrected chi connectivity index (χ2v) is 5.52. The summed E-state index contributed by atoms with van der Waals surface area (Å²) in [6.45, 7) is 0. The maximum absolute atomic E-state index is 11.2. The van der Waals surface area contributed by atoms with Crippen molar-refractivity contribution in [2.24, 2.45) is 0 Å². The van der Waals surface area contributed by atoms with Gasteiger partial charge in [-0.1, -0.05) is 27.5 Å². The number of halogens is 2. The lowest BCUT2D eigenvalue weighted by molar-refractivity contribution is 0.555. The first-order valence-corrected chi connectivity index (χ1v) is 6.84. The Labute approximate surface area is 126 Å². The molecule has 102 valence electrons. The fourth-order valence-electron chi connectivity index (χ4n) is 1.86. The third-order valence-corrected chi connectivity index (χ3v) is 3.61. The van der Waals surface area contributed by atoms with E-state index in [0.29, 0.717) is 33.2 Å². The maximum Gasteiger partial charge on any atom is 0.417 e. The number of hydrogen-bond acceptors (Lipinski definition) is 4. The molecule has 5 nitrogen and oxygen atoms in total. The van der Waals surface area contributed by atoms with E-state index in [-0.39, 0.29) is 0 Å². The van der Waals surface area contributed by atoms with Gasteiger partial charge in [0.05, 0.1) is 27.6 Å². The van der Waals surface area contributed by atoms with E-state index in [1.54, 1.807) is 18.2 Å². The SMILES string of the molecule is Nc1cc2oc(=O)[nH]c2cc1Nc1cc(Br)ccc1Cl. The normalized spacial score (nSPS) is 10.9. The van der Waals surface area contributed by atoms with Gasteiger partial charge in [-0.3, -0.25) is 4.98 Å². The van der Waals surface area contributed by atoms with Gasteiger partial charge in [0.1, 0.15) is 0 Å². The molecule has 1 aromatic heterocycles. The Morgan fingerprint density at radius 1 is 1.25 bits per heavy atom. The third-order valence-electron chi connectivity index (χ3n) is 2.79. The Bertz CT molecular complexity index is 856. The molecule has 3 aromatic rings. The molecule has 0 fully saturated rings. The van der Waals surface area contributed by atoms with Crippen LogP contribution in [0.4, 0.5) is 17.1 Å². The molecule has 1 heterocycles. The summed E-state index contributed by atoms with van der Waals surface area (Å²) in [5.41, 5.74) is 8.72. The summed E-state index contributed by atoms with van der Waals surface area (Å²) in [5.74, 6) is -0.517. The summed E-state index contributed by atoms with van der Waals surface area (Å²) in [5, 5.41) is 3.70. The summed E-state index contributed by atoms with van der Waals surface area (Å²) in [4.78, 5) is 13.7. The number of H-pyrrole nitrogens is 1. The highest BCUT2D eigenvalue weighted by Gasteiger charge is 2.09. The number of anilines is 3. The van der Waals surface area contributed by atoms with E-state index in [2.05, 4.69) is 26.2 Å². The van der Waals surface area contributed by atoms with Gasteiger partial charge in [-0.05, 0) is 24.3 Å². The molecule has 0 radical (unpaired) electrons. The van der Waals surface area contributed by atoms with Crippen molar-refractivity contribution in [3.8, 4) is 0 Å². The Morgan fingerprint density at radius 3 is 2.85 bits per heavy atom. The van der Waals surface area contributed by atoms with Crippen LogP contribution in [-0.2, 0) is 0 Å². The summed E-state index contributed by atoms with van der Waals surface area (Å²) in [6, 6.07) is 8.73. The first-order valence-electron chi connectivity index (χ1n) is 5.67. The van der Waals surface area contributed by atoms with Crippen molar-refractivity contribution in [2.75, 3.05) is 11.1 Å². The average Bonchev–Trinajstić information content (AvgIpc) is 2.73. The summed E-state index contributed by atoms with van der Waals surface area (Å²) in [6.07, 6.45) is 0. The molecule has 0 aliphatic heterocycles. The third kappa shape index (κ3) is 2.39. The van der Waals surface area contributed by atoms with E-state index >= 15 is 0 Å². The molecule has 2 aromatic carbocycles. The van der Waals surface area contributed by atoms with Gasteiger partial charge in [-0.15, -0.1) is 0 Å². The number of oxazole rings is 1. The molecular weight excluding hydrogens is 346 g/mol. The second-order valence-electron chi connectivity index (χ2n) is 4.20. The molecule has 0 atom stereocenters. The van der Waals surface area contributed by atoms with Crippen molar-refractivity contribution < 1.29 is 4.42 Å². The van der Waals surface area contributed by atoms with Crippen LogP contribution in [0.3, 0.4) is 0 Å². The highest BCUT2D eigenvalue weighted by molar-refractivity contribution is 9.10. The minimum absolute atomic E-state index is 0.415. The van der Waals surface area contributed by atoms with E-state index in [9.17, 15) is 4.79 Å². The van der Waals surface area contributed by atoms with Crippen LogP contribution in [0.1, 0.15) is 0 Å². The zero-order valence-electron chi connectivity index (χ0n) is 10.0. The average molecular weight is 355 g/mol. The number of nitrogens with two attached hydrogens (primary N) is 1. The first kappa shape index (κ1) is 13.1. The minimum Gasteiger partial charge on any atom is -0.408 e. The van der Waals surface area contributed by atoms with Gasteiger partial charge in [0, 0.05) is 10.5 Å². The van der Waals surface area contributed by atoms with E-state index in [0.717, 1.165) is 4.47 Å². The van der Waals surface area contributed by atoms with Gasteiger partial charge >= 0.3 is 5.76 Å². The van der Waals surface area contributed by atoms with E-state index < -0.39 is 5.76 Å². The molecule has 7 heteroatoms. The molecule has 20 heavy (non-hydrogen) atoms. The molecular formula is C13H9BrClN3O2. The van der Waals surface area contributed by atoms with Crippen molar-refractivity contribution in [3.05, 3.63) is 50.4 Å². The van der Waals surface area contributed by atoms with Crippen LogP contribution in [0.25, 0.3) is 11.1 Å². The lowest BCUT2D eigenvalue weighted by atomic mass is 10.2. The molecule has 0 aliphatic carbocycles. The highest BCUT2D eigenvalue weighted by Crippen LogP contribution is 2.32. The fourth-order valence-corrected chi connectivity index (χ4v) is 2.39. The first-order chi connectivity index (χ1) is 9.52. The lowest BCUT2D eigenvalue weighted by Crippen LogP contribution is -1.97. The molecule has 0 aliphatic rings.